The third-order valence-electron chi connectivity index (χ3n) is 9.17. The quantitative estimate of drug-likeness (QED) is 0.215. The van der Waals surface area contributed by atoms with Gasteiger partial charge in [0.2, 0.25) is 5.91 Å². The molecule has 9 heteroatoms. The van der Waals surface area contributed by atoms with Gasteiger partial charge in [0.1, 0.15) is 5.37 Å². The summed E-state index contributed by atoms with van der Waals surface area (Å²) in [5.41, 5.74) is 1.03. The van der Waals surface area contributed by atoms with Gasteiger partial charge in [0, 0.05) is 17.5 Å². The Morgan fingerprint density at radius 2 is 1.50 bits per heavy atom. The lowest BCUT2D eigenvalue weighted by Gasteiger charge is -2.46. The zero-order valence-corrected chi connectivity index (χ0v) is 28.2. The Kier molecular flexibility index (Phi) is 11.0. The van der Waals surface area contributed by atoms with Crippen molar-refractivity contribution in [1.82, 2.24) is 5.32 Å². The van der Waals surface area contributed by atoms with Crippen molar-refractivity contribution < 1.29 is 18.4 Å². The molecule has 2 atom stereocenters. The molecule has 0 aliphatic heterocycles. The number of hydrogen-bond donors (Lipinski definition) is 3. The summed E-state index contributed by atoms with van der Waals surface area (Å²) in [5.74, 6) is -0.565. The highest BCUT2D eigenvalue weighted by atomic mass is 35.5. The number of halogens is 2. The third kappa shape index (κ3) is 8.58. The minimum absolute atomic E-state index is 0.0765. The first-order valence-corrected chi connectivity index (χ1v) is 16.5. The lowest BCUT2D eigenvalue weighted by molar-refractivity contribution is -0.133. The molecule has 2 aromatic carbocycles. The van der Waals surface area contributed by atoms with Gasteiger partial charge in [-0.1, -0.05) is 103 Å². The molecule has 2 aromatic rings. The second-order valence-electron chi connectivity index (χ2n) is 14.3. The largest absolute Gasteiger partial charge is 0.339 e. The molecule has 0 aromatic heterocycles. The van der Waals surface area contributed by atoms with Crippen LogP contribution in [-0.2, 0) is 22.3 Å². The van der Waals surface area contributed by atoms with Crippen LogP contribution < -0.4 is 10.6 Å². The third-order valence-corrected chi connectivity index (χ3v) is 10.6. The molecule has 0 bridgehead atoms. The lowest BCUT2D eigenvalue weighted by Crippen LogP contribution is -2.49. The molecular formula is C33H46Cl2N2O4S. The molecule has 1 aliphatic carbocycles. The van der Waals surface area contributed by atoms with E-state index in [0.717, 1.165) is 44.1 Å². The van der Waals surface area contributed by atoms with Crippen LogP contribution in [0.15, 0.2) is 42.5 Å². The van der Waals surface area contributed by atoms with E-state index in [2.05, 4.69) is 59.1 Å². The van der Waals surface area contributed by atoms with Gasteiger partial charge in [-0.15, -0.1) is 0 Å². The number of nitrogens with one attached hydrogen (secondary N) is 2. The van der Waals surface area contributed by atoms with E-state index in [-0.39, 0.29) is 44.2 Å². The number of amides is 2. The molecule has 3 N–H and O–H groups in total. The summed E-state index contributed by atoms with van der Waals surface area (Å²) in [6.07, 6.45) is 5.41. The smallest absolute Gasteiger partial charge is 0.258 e. The van der Waals surface area contributed by atoms with E-state index < -0.39 is 27.8 Å². The summed E-state index contributed by atoms with van der Waals surface area (Å²) >= 11 is 10.0. The fourth-order valence-corrected chi connectivity index (χ4v) is 7.41. The average Bonchev–Trinajstić information content (AvgIpc) is 3.32. The molecule has 3 rings (SSSR count). The van der Waals surface area contributed by atoms with Crippen molar-refractivity contribution in [1.29, 1.82) is 0 Å². The molecule has 6 nitrogen and oxygen atoms in total. The topological polar surface area (TPSA) is 95.5 Å². The molecule has 0 saturated heterocycles. The lowest BCUT2D eigenvalue weighted by atomic mass is 9.59. The van der Waals surface area contributed by atoms with E-state index in [1.807, 2.05) is 0 Å². The zero-order valence-electron chi connectivity index (χ0n) is 25.9. The molecule has 0 heterocycles. The molecule has 42 heavy (non-hydrogen) atoms. The van der Waals surface area contributed by atoms with Crippen LogP contribution in [0.5, 0.6) is 0 Å². The molecule has 2 amide bonds. The van der Waals surface area contributed by atoms with Crippen molar-refractivity contribution in [3.63, 3.8) is 0 Å². The summed E-state index contributed by atoms with van der Waals surface area (Å²) in [6, 6.07) is 11.8. The first-order valence-electron chi connectivity index (χ1n) is 14.6. The number of anilines is 1. The standard InChI is InChI=1S/C33H46Cl2N2O4S/c1-30(2,3)32(6,7)20-31(4,5)21-33(17-8-9-18-33)29(39)37-26(42(40)41)19-22-13-15-23(16-14-22)36-28(38)27-24(34)11-10-12-25(27)35/h10-16,26H,8-9,17-21H2,1-7H3,(H,36,38)(H,37,39)(H,40,41)/t26-/m1/s1. The second-order valence-corrected chi connectivity index (χ2v) is 16.3. The minimum Gasteiger partial charge on any atom is -0.339 e. The van der Waals surface area contributed by atoms with Crippen molar-refractivity contribution in [3.8, 4) is 0 Å². The number of hydrogen-bond acceptors (Lipinski definition) is 3. The van der Waals surface area contributed by atoms with Crippen LogP contribution in [0, 0.1) is 21.7 Å². The normalized spacial score (nSPS) is 17.0. The van der Waals surface area contributed by atoms with E-state index in [0.29, 0.717) is 5.69 Å². The summed E-state index contributed by atoms with van der Waals surface area (Å²) in [6.45, 7) is 15.9. The maximum atomic E-state index is 13.9. The van der Waals surface area contributed by atoms with Crippen molar-refractivity contribution in [2.24, 2.45) is 21.7 Å². The Labute approximate surface area is 264 Å². The van der Waals surface area contributed by atoms with Crippen molar-refractivity contribution in [3.05, 3.63) is 63.6 Å². The zero-order chi connectivity index (χ0) is 31.5. The SMILES string of the molecule is CC(C)(CC1(C(=O)N[C@@H](Cc2ccc(NC(=O)c3c(Cl)cccc3Cl)cc2)S(=O)O)CCCC1)CC(C)(C)C(C)(C)C. The van der Waals surface area contributed by atoms with Crippen molar-refractivity contribution in [2.75, 3.05) is 5.32 Å². The molecule has 1 unspecified atom stereocenters. The molecule has 1 aliphatic rings. The van der Waals surface area contributed by atoms with Gasteiger partial charge < -0.3 is 15.2 Å². The number of carbonyl (C=O) groups excluding carboxylic acids is 2. The molecule has 232 valence electrons. The van der Waals surface area contributed by atoms with Gasteiger partial charge in [-0.2, -0.15) is 0 Å². The Morgan fingerprint density at radius 3 is 2.00 bits per heavy atom. The summed E-state index contributed by atoms with van der Waals surface area (Å²) in [7, 11) is 0. The Bertz CT molecular complexity index is 1280. The summed E-state index contributed by atoms with van der Waals surface area (Å²) in [4.78, 5) is 26.6. The van der Waals surface area contributed by atoms with Gasteiger partial charge in [-0.25, -0.2) is 4.21 Å². The van der Waals surface area contributed by atoms with Crippen molar-refractivity contribution >= 4 is 51.8 Å². The van der Waals surface area contributed by atoms with E-state index >= 15 is 0 Å². The van der Waals surface area contributed by atoms with E-state index in [4.69, 9.17) is 23.2 Å². The highest BCUT2D eigenvalue weighted by Crippen LogP contribution is 2.53. The van der Waals surface area contributed by atoms with Gasteiger partial charge >= 0.3 is 0 Å². The van der Waals surface area contributed by atoms with Crippen LogP contribution >= 0.6 is 23.2 Å². The highest BCUT2D eigenvalue weighted by Gasteiger charge is 2.47. The first-order chi connectivity index (χ1) is 19.4. The maximum Gasteiger partial charge on any atom is 0.258 e. The average molecular weight is 638 g/mol. The maximum absolute atomic E-state index is 13.9. The second kappa shape index (κ2) is 13.4. The fraction of sp³-hybridized carbons (Fsp3) is 0.576. The monoisotopic (exact) mass is 636 g/mol. The minimum atomic E-state index is -2.27. The van der Waals surface area contributed by atoms with Gasteiger partial charge in [0.15, 0.2) is 11.1 Å². The summed E-state index contributed by atoms with van der Waals surface area (Å²) < 4.78 is 22.5. The Morgan fingerprint density at radius 1 is 0.952 bits per heavy atom. The predicted octanol–water partition coefficient (Wildman–Crippen LogP) is 8.89. The van der Waals surface area contributed by atoms with Gasteiger partial charge in [0.05, 0.1) is 15.6 Å². The van der Waals surface area contributed by atoms with Crippen LogP contribution in [0.25, 0.3) is 0 Å². The van der Waals surface area contributed by atoms with Gasteiger partial charge in [0.25, 0.3) is 5.91 Å². The van der Waals surface area contributed by atoms with Crippen LogP contribution in [0.1, 0.15) is 103 Å². The molecule has 0 spiro atoms. The molecule has 1 fully saturated rings. The Balaban J connectivity index is 1.71. The van der Waals surface area contributed by atoms with E-state index in [1.54, 1.807) is 42.5 Å². The van der Waals surface area contributed by atoms with Crippen LogP contribution in [0.3, 0.4) is 0 Å². The van der Waals surface area contributed by atoms with Crippen molar-refractivity contribution in [2.45, 2.75) is 98.8 Å². The van der Waals surface area contributed by atoms with Gasteiger partial charge in [-0.05, 0) is 71.8 Å². The molecule has 1 saturated carbocycles. The van der Waals surface area contributed by atoms with E-state index in [9.17, 15) is 18.4 Å². The Hall–Kier alpha value is -1.93. The van der Waals surface area contributed by atoms with Gasteiger partial charge in [-0.3, -0.25) is 9.59 Å². The fourth-order valence-electron chi connectivity index (χ4n) is 6.29. The summed E-state index contributed by atoms with van der Waals surface area (Å²) in [5, 5.41) is 5.28. The number of rotatable bonds is 11. The molecule has 0 radical (unpaired) electrons. The van der Waals surface area contributed by atoms with E-state index in [1.165, 1.54) is 0 Å². The van der Waals surface area contributed by atoms with Crippen LogP contribution in [0.4, 0.5) is 5.69 Å². The van der Waals surface area contributed by atoms with Crippen LogP contribution in [-0.4, -0.2) is 25.9 Å². The molecular weight excluding hydrogens is 591 g/mol. The number of benzene rings is 2. The first kappa shape index (κ1) is 34.6. The number of carbonyl (C=O) groups is 2. The van der Waals surface area contributed by atoms with Crippen LogP contribution in [0.2, 0.25) is 10.0 Å². The highest BCUT2D eigenvalue weighted by molar-refractivity contribution is 7.79. The predicted molar refractivity (Wildman–Crippen MR) is 174 cm³/mol.